The number of amides is 1. The molecule has 3 aromatic rings. The van der Waals surface area contributed by atoms with Crippen LogP contribution in [0.2, 0.25) is 0 Å². The van der Waals surface area contributed by atoms with Crippen LogP contribution in [0.3, 0.4) is 0 Å². The smallest absolute Gasteiger partial charge is 0.253 e. The maximum absolute atomic E-state index is 12.2. The number of nitrogens with zero attached hydrogens (tertiary/aromatic N) is 2. The number of hydrogen-bond acceptors (Lipinski definition) is 3. The number of nitrogens with one attached hydrogen (secondary N) is 1. The van der Waals surface area contributed by atoms with E-state index in [9.17, 15) is 4.79 Å². The highest BCUT2D eigenvalue weighted by atomic mass is 16.1. The van der Waals surface area contributed by atoms with Crippen LogP contribution in [-0.2, 0) is 6.54 Å². The molecule has 24 heavy (non-hydrogen) atoms. The van der Waals surface area contributed by atoms with Crippen LogP contribution >= 0.6 is 0 Å². The average molecular weight is 317 g/mol. The molecule has 0 aliphatic carbocycles. The Labute approximate surface area is 141 Å². The van der Waals surface area contributed by atoms with Crippen LogP contribution < -0.4 is 10.2 Å². The van der Waals surface area contributed by atoms with Gasteiger partial charge in [0.05, 0.1) is 11.1 Å². The van der Waals surface area contributed by atoms with Gasteiger partial charge in [-0.25, -0.2) is 0 Å². The molecule has 1 aromatic heterocycles. The molecule has 0 bridgehead atoms. The first-order valence-electron chi connectivity index (χ1n) is 8.20. The van der Waals surface area contributed by atoms with E-state index in [1.165, 1.54) is 5.56 Å². The second-order valence-corrected chi connectivity index (χ2v) is 6.12. The zero-order valence-corrected chi connectivity index (χ0v) is 13.6. The molecule has 4 heteroatoms. The molecule has 1 amide bonds. The van der Waals surface area contributed by atoms with Crippen molar-refractivity contribution in [2.45, 2.75) is 13.5 Å². The second kappa shape index (κ2) is 5.96. The third kappa shape index (κ3) is 2.60. The first kappa shape index (κ1) is 14.7. The number of aromatic nitrogens is 1. The Morgan fingerprint density at radius 2 is 1.92 bits per heavy atom. The summed E-state index contributed by atoms with van der Waals surface area (Å²) in [5.74, 6) is 0.00135. The van der Waals surface area contributed by atoms with Crippen molar-refractivity contribution in [3.05, 3.63) is 71.4 Å². The van der Waals surface area contributed by atoms with Crippen LogP contribution in [-0.4, -0.2) is 24.0 Å². The highest BCUT2D eigenvalue weighted by molar-refractivity contribution is 6.00. The highest BCUT2D eigenvalue weighted by Gasteiger charge is 2.20. The number of aryl methyl sites for hydroxylation is 1. The van der Waals surface area contributed by atoms with E-state index in [2.05, 4.69) is 29.3 Å². The summed E-state index contributed by atoms with van der Waals surface area (Å²) in [6, 6.07) is 18.2. The summed E-state index contributed by atoms with van der Waals surface area (Å²) in [7, 11) is 0. The Morgan fingerprint density at radius 3 is 2.83 bits per heavy atom. The topological polar surface area (TPSA) is 45.2 Å². The quantitative estimate of drug-likeness (QED) is 0.789. The van der Waals surface area contributed by atoms with Gasteiger partial charge in [-0.2, -0.15) is 0 Å². The van der Waals surface area contributed by atoms with Gasteiger partial charge < -0.3 is 10.2 Å². The minimum atomic E-state index is 0.00135. The molecule has 4 nitrogen and oxygen atoms in total. The molecule has 2 aromatic carbocycles. The number of benzene rings is 2. The van der Waals surface area contributed by atoms with E-state index in [1.807, 2.05) is 42.5 Å². The zero-order chi connectivity index (χ0) is 16.5. The average Bonchev–Trinajstić information content (AvgIpc) is 2.76. The van der Waals surface area contributed by atoms with Crippen molar-refractivity contribution in [3.63, 3.8) is 0 Å². The molecule has 0 unspecified atom stereocenters. The fraction of sp³-hybridized carbons (Fsp3) is 0.200. The summed E-state index contributed by atoms with van der Waals surface area (Å²) in [5.41, 5.74) is 4.97. The fourth-order valence-electron chi connectivity index (χ4n) is 3.25. The Hall–Kier alpha value is -2.88. The van der Waals surface area contributed by atoms with Gasteiger partial charge >= 0.3 is 0 Å². The fourth-order valence-corrected chi connectivity index (χ4v) is 3.25. The Balaban J connectivity index is 1.74. The summed E-state index contributed by atoms with van der Waals surface area (Å²) < 4.78 is 0. The largest absolute Gasteiger partial charge is 0.365 e. The van der Waals surface area contributed by atoms with Gasteiger partial charge in [0, 0.05) is 36.4 Å². The van der Waals surface area contributed by atoms with E-state index in [-0.39, 0.29) is 5.91 Å². The lowest BCUT2D eigenvalue weighted by molar-refractivity contribution is 0.0958. The standard InChI is InChI=1S/C20H19N3O/c1-14-16(12-15-6-2-4-8-18(15)22-14)13-23-11-10-21-20(24)17-7-3-5-9-19(17)23/h2-9,12H,10-11,13H2,1H3,(H,21,24). The van der Waals surface area contributed by atoms with Gasteiger partial charge in [-0.1, -0.05) is 30.3 Å². The number of pyridine rings is 1. The Morgan fingerprint density at radius 1 is 1.12 bits per heavy atom. The summed E-state index contributed by atoms with van der Waals surface area (Å²) in [4.78, 5) is 19.2. The minimum Gasteiger partial charge on any atom is -0.365 e. The van der Waals surface area contributed by atoms with Crippen LogP contribution in [0.15, 0.2) is 54.6 Å². The number of hydrogen-bond donors (Lipinski definition) is 1. The number of para-hydroxylation sites is 2. The normalized spacial score (nSPS) is 14.2. The molecule has 2 heterocycles. The van der Waals surface area contributed by atoms with E-state index < -0.39 is 0 Å². The summed E-state index contributed by atoms with van der Waals surface area (Å²) in [5, 5.41) is 4.11. The van der Waals surface area contributed by atoms with Crippen LogP contribution in [0, 0.1) is 6.92 Å². The lowest BCUT2D eigenvalue weighted by Gasteiger charge is -2.25. The molecule has 0 radical (unpaired) electrons. The summed E-state index contributed by atoms with van der Waals surface area (Å²) in [6.45, 7) is 4.23. The molecule has 0 saturated heterocycles. The number of carbonyl (C=O) groups is 1. The maximum atomic E-state index is 12.2. The van der Waals surface area contributed by atoms with Crippen LogP contribution in [0.1, 0.15) is 21.6 Å². The number of fused-ring (bicyclic) bond motifs is 2. The van der Waals surface area contributed by atoms with Crippen molar-refractivity contribution in [3.8, 4) is 0 Å². The SMILES string of the molecule is Cc1nc2ccccc2cc1CN1CCNC(=O)c2ccccc21. The van der Waals surface area contributed by atoms with Crippen LogP contribution in [0.5, 0.6) is 0 Å². The molecule has 0 spiro atoms. The Bertz CT molecular complexity index is 920. The van der Waals surface area contributed by atoms with E-state index in [4.69, 9.17) is 4.98 Å². The number of rotatable bonds is 2. The number of carbonyl (C=O) groups excluding carboxylic acids is 1. The van der Waals surface area contributed by atoms with E-state index in [0.29, 0.717) is 6.54 Å². The van der Waals surface area contributed by atoms with Gasteiger partial charge in [-0.3, -0.25) is 9.78 Å². The molecule has 0 atom stereocenters. The lowest BCUT2D eigenvalue weighted by atomic mass is 10.1. The van der Waals surface area contributed by atoms with E-state index in [0.717, 1.165) is 40.9 Å². The van der Waals surface area contributed by atoms with Gasteiger partial charge in [0.15, 0.2) is 0 Å². The Kier molecular flexibility index (Phi) is 3.65. The molecule has 4 rings (SSSR count). The third-order valence-corrected chi connectivity index (χ3v) is 4.54. The van der Waals surface area contributed by atoms with E-state index in [1.54, 1.807) is 0 Å². The maximum Gasteiger partial charge on any atom is 0.253 e. The van der Waals surface area contributed by atoms with E-state index >= 15 is 0 Å². The zero-order valence-electron chi connectivity index (χ0n) is 13.6. The first-order chi connectivity index (χ1) is 11.7. The second-order valence-electron chi connectivity index (χ2n) is 6.12. The van der Waals surface area contributed by atoms with Crippen LogP contribution in [0.25, 0.3) is 10.9 Å². The predicted octanol–water partition coefficient (Wildman–Crippen LogP) is 3.29. The van der Waals surface area contributed by atoms with Crippen LogP contribution in [0.4, 0.5) is 5.69 Å². The van der Waals surface area contributed by atoms with Crippen molar-refractivity contribution < 1.29 is 4.79 Å². The van der Waals surface area contributed by atoms with Gasteiger partial charge in [0.1, 0.15) is 0 Å². The van der Waals surface area contributed by atoms with Crippen molar-refractivity contribution >= 4 is 22.5 Å². The molecular weight excluding hydrogens is 298 g/mol. The third-order valence-electron chi connectivity index (χ3n) is 4.54. The van der Waals surface area contributed by atoms with Gasteiger partial charge in [-0.15, -0.1) is 0 Å². The summed E-state index contributed by atoms with van der Waals surface area (Å²) in [6.07, 6.45) is 0. The van der Waals surface area contributed by atoms with Gasteiger partial charge in [-0.05, 0) is 36.8 Å². The molecule has 0 saturated carbocycles. The number of anilines is 1. The van der Waals surface area contributed by atoms with Crippen molar-refractivity contribution in [2.75, 3.05) is 18.0 Å². The minimum absolute atomic E-state index is 0.00135. The van der Waals surface area contributed by atoms with Gasteiger partial charge in [0.25, 0.3) is 5.91 Å². The summed E-state index contributed by atoms with van der Waals surface area (Å²) >= 11 is 0. The van der Waals surface area contributed by atoms with Crippen molar-refractivity contribution in [1.29, 1.82) is 0 Å². The van der Waals surface area contributed by atoms with Crippen molar-refractivity contribution in [2.24, 2.45) is 0 Å². The first-order valence-corrected chi connectivity index (χ1v) is 8.20. The van der Waals surface area contributed by atoms with Crippen molar-refractivity contribution in [1.82, 2.24) is 10.3 Å². The highest BCUT2D eigenvalue weighted by Crippen LogP contribution is 2.25. The lowest BCUT2D eigenvalue weighted by Crippen LogP contribution is -2.30. The molecular formula is C20H19N3O. The predicted molar refractivity (Wildman–Crippen MR) is 96.3 cm³/mol. The molecule has 1 aliphatic heterocycles. The monoisotopic (exact) mass is 317 g/mol. The molecule has 1 N–H and O–H groups in total. The molecule has 1 aliphatic rings. The van der Waals surface area contributed by atoms with Gasteiger partial charge in [0.2, 0.25) is 0 Å². The molecule has 0 fully saturated rings. The molecule has 120 valence electrons.